The number of hydrogen-bond donors (Lipinski definition) is 2. The number of halogens is 2. The Kier molecular flexibility index (Phi) is 6.66. The molecule has 0 saturated carbocycles. The van der Waals surface area contributed by atoms with Gasteiger partial charge in [-0.3, -0.25) is 0 Å². The Morgan fingerprint density at radius 2 is 1.86 bits per heavy atom. The van der Waals surface area contributed by atoms with Gasteiger partial charge in [-0.05, 0) is 30.8 Å². The van der Waals surface area contributed by atoms with Gasteiger partial charge in [0.1, 0.15) is 4.90 Å². The molecule has 0 amide bonds. The van der Waals surface area contributed by atoms with Crippen LogP contribution in [0.5, 0.6) is 0 Å². The van der Waals surface area contributed by atoms with Crippen LogP contribution in [0, 0.1) is 11.6 Å². The maximum absolute atomic E-state index is 13.7. The second kappa shape index (κ2) is 7.79. The molecular formula is C13H21F2N3O2S. The molecule has 0 aliphatic rings. The predicted molar refractivity (Wildman–Crippen MR) is 77.2 cm³/mol. The van der Waals surface area contributed by atoms with E-state index in [2.05, 4.69) is 4.72 Å². The van der Waals surface area contributed by atoms with Gasteiger partial charge >= 0.3 is 0 Å². The number of likely N-dealkylation sites (N-methyl/N-ethyl adjacent to an activating group) is 1. The fraction of sp³-hybridized carbons (Fsp3) is 0.538. The molecule has 0 aliphatic heterocycles. The number of hydrogen-bond acceptors (Lipinski definition) is 4. The van der Waals surface area contributed by atoms with E-state index >= 15 is 0 Å². The normalized spacial score (nSPS) is 12.1. The van der Waals surface area contributed by atoms with Crippen molar-refractivity contribution in [2.24, 2.45) is 5.73 Å². The van der Waals surface area contributed by atoms with Crippen LogP contribution < -0.4 is 10.5 Å². The number of nitrogens with two attached hydrogens (primary N) is 1. The zero-order valence-corrected chi connectivity index (χ0v) is 13.0. The fourth-order valence-corrected chi connectivity index (χ4v) is 3.04. The van der Waals surface area contributed by atoms with Crippen molar-refractivity contribution < 1.29 is 17.2 Å². The molecule has 0 fully saturated rings. The molecule has 0 radical (unpaired) electrons. The Labute approximate surface area is 124 Å². The first kappa shape index (κ1) is 18.0. The summed E-state index contributed by atoms with van der Waals surface area (Å²) in [6.45, 7) is 6.02. The molecule has 1 aromatic rings. The van der Waals surface area contributed by atoms with Gasteiger partial charge in [0.05, 0.1) is 0 Å². The van der Waals surface area contributed by atoms with Gasteiger partial charge in [0.25, 0.3) is 0 Å². The van der Waals surface area contributed by atoms with Crippen molar-refractivity contribution in [2.75, 3.05) is 26.2 Å². The van der Waals surface area contributed by atoms with Gasteiger partial charge in [-0.1, -0.05) is 13.8 Å². The topological polar surface area (TPSA) is 75.4 Å². The maximum Gasteiger partial charge on any atom is 0.243 e. The Morgan fingerprint density at radius 3 is 2.38 bits per heavy atom. The molecule has 0 heterocycles. The second-order valence-corrected chi connectivity index (χ2v) is 6.25. The lowest BCUT2D eigenvalue weighted by Gasteiger charge is -2.18. The molecule has 3 N–H and O–H groups in total. The third-order valence-corrected chi connectivity index (χ3v) is 4.65. The van der Waals surface area contributed by atoms with Crippen LogP contribution in [-0.4, -0.2) is 39.5 Å². The van der Waals surface area contributed by atoms with Crippen LogP contribution in [0.4, 0.5) is 8.78 Å². The Bertz CT molecular complexity index is 575. The minimum Gasteiger partial charge on any atom is -0.326 e. The first-order valence-electron chi connectivity index (χ1n) is 6.75. The summed E-state index contributed by atoms with van der Waals surface area (Å²) in [4.78, 5) is 1.30. The first-order chi connectivity index (χ1) is 9.85. The molecule has 0 unspecified atom stereocenters. The van der Waals surface area contributed by atoms with Crippen molar-refractivity contribution in [3.8, 4) is 0 Å². The standard InChI is InChI=1S/C13H21F2N3O2S/c1-3-18(4-2)6-5-17-21(19,20)12-8-10(9-16)7-11(14)13(12)15/h7-8,17H,3-6,9,16H2,1-2H3. The van der Waals surface area contributed by atoms with Crippen molar-refractivity contribution in [1.82, 2.24) is 9.62 Å². The van der Waals surface area contributed by atoms with Crippen LogP contribution >= 0.6 is 0 Å². The number of nitrogens with zero attached hydrogens (tertiary/aromatic N) is 1. The summed E-state index contributed by atoms with van der Waals surface area (Å²) in [5.41, 5.74) is 5.57. The van der Waals surface area contributed by atoms with E-state index in [0.29, 0.717) is 6.54 Å². The summed E-state index contributed by atoms with van der Waals surface area (Å²) < 4.78 is 53.5. The number of sulfonamides is 1. The molecule has 1 aromatic carbocycles. The molecule has 0 aromatic heterocycles. The Balaban J connectivity index is 2.90. The zero-order chi connectivity index (χ0) is 16.0. The highest BCUT2D eigenvalue weighted by atomic mass is 32.2. The van der Waals surface area contributed by atoms with Gasteiger partial charge in [-0.2, -0.15) is 0 Å². The lowest BCUT2D eigenvalue weighted by molar-refractivity contribution is 0.309. The lowest BCUT2D eigenvalue weighted by atomic mass is 10.2. The van der Waals surface area contributed by atoms with Gasteiger partial charge in [0.2, 0.25) is 10.0 Å². The molecule has 8 heteroatoms. The first-order valence-corrected chi connectivity index (χ1v) is 8.24. The monoisotopic (exact) mass is 321 g/mol. The largest absolute Gasteiger partial charge is 0.326 e. The number of nitrogens with one attached hydrogen (secondary N) is 1. The van der Waals surface area contributed by atoms with Gasteiger partial charge in [0, 0.05) is 19.6 Å². The molecule has 0 atom stereocenters. The van der Waals surface area contributed by atoms with Crippen LogP contribution in [0.15, 0.2) is 17.0 Å². The molecule has 21 heavy (non-hydrogen) atoms. The summed E-state index contributed by atoms with van der Waals surface area (Å²) in [7, 11) is -4.11. The van der Waals surface area contributed by atoms with Crippen molar-refractivity contribution in [1.29, 1.82) is 0 Å². The third kappa shape index (κ3) is 4.70. The third-order valence-electron chi connectivity index (χ3n) is 3.19. The molecule has 120 valence electrons. The van der Waals surface area contributed by atoms with Gasteiger partial charge in [-0.15, -0.1) is 0 Å². The second-order valence-electron chi connectivity index (χ2n) is 4.52. The molecule has 0 spiro atoms. The van der Waals surface area contributed by atoms with Gasteiger partial charge in [0.15, 0.2) is 11.6 Å². The maximum atomic E-state index is 13.7. The van der Waals surface area contributed by atoms with Crippen LogP contribution in [-0.2, 0) is 16.6 Å². The van der Waals surface area contributed by atoms with E-state index in [9.17, 15) is 17.2 Å². The van der Waals surface area contributed by atoms with Crippen LogP contribution in [0.25, 0.3) is 0 Å². The van der Waals surface area contributed by atoms with Crippen molar-refractivity contribution in [3.63, 3.8) is 0 Å². The SMILES string of the molecule is CCN(CC)CCNS(=O)(=O)c1cc(CN)cc(F)c1F. The highest BCUT2D eigenvalue weighted by Crippen LogP contribution is 2.19. The quantitative estimate of drug-likeness (QED) is 0.750. The highest BCUT2D eigenvalue weighted by molar-refractivity contribution is 7.89. The van der Waals surface area contributed by atoms with Crippen molar-refractivity contribution in [2.45, 2.75) is 25.3 Å². The average molecular weight is 321 g/mol. The predicted octanol–water partition coefficient (Wildman–Crippen LogP) is 1.04. The highest BCUT2D eigenvalue weighted by Gasteiger charge is 2.22. The van der Waals surface area contributed by atoms with Crippen LogP contribution in [0.1, 0.15) is 19.4 Å². The molecular weight excluding hydrogens is 300 g/mol. The van der Waals surface area contributed by atoms with E-state index in [0.717, 1.165) is 25.2 Å². The van der Waals surface area contributed by atoms with Crippen molar-refractivity contribution >= 4 is 10.0 Å². The Morgan fingerprint density at radius 1 is 1.24 bits per heavy atom. The zero-order valence-electron chi connectivity index (χ0n) is 12.2. The van der Waals surface area contributed by atoms with Crippen LogP contribution in [0.2, 0.25) is 0 Å². The van der Waals surface area contributed by atoms with Crippen molar-refractivity contribution in [3.05, 3.63) is 29.3 Å². The summed E-state index contributed by atoms with van der Waals surface area (Å²) >= 11 is 0. The minimum atomic E-state index is -4.11. The van der Waals surface area contributed by atoms with Gasteiger partial charge in [-0.25, -0.2) is 21.9 Å². The fourth-order valence-electron chi connectivity index (χ4n) is 1.89. The van der Waals surface area contributed by atoms with E-state index in [1.54, 1.807) is 0 Å². The number of rotatable bonds is 8. The van der Waals surface area contributed by atoms with E-state index < -0.39 is 26.6 Å². The van der Waals surface area contributed by atoms with E-state index in [4.69, 9.17) is 5.73 Å². The summed E-state index contributed by atoms with van der Waals surface area (Å²) in [5, 5.41) is 0. The molecule has 5 nitrogen and oxygen atoms in total. The minimum absolute atomic E-state index is 0.0703. The summed E-state index contributed by atoms with van der Waals surface area (Å²) in [5.74, 6) is -2.61. The van der Waals surface area contributed by atoms with Gasteiger partial charge < -0.3 is 10.6 Å². The lowest BCUT2D eigenvalue weighted by Crippen LogP contribution is -2.35. The molecule has 0 saturated heterocycles. The van der Waals surface area contributed by atoms with Crippen LogP contribution in [0.3, 0.4) is 0 Å². The summed E-state index contributed by atoms with van der Waals surface area (Å²) in [6.07, 6.45) is 0. The average Bonchev–Trinajstić information content (AvgIpc) is 2.46. The number of benzene rings is 1. The molecule has 1 rings (SSSR count). The van der Waals surface area contributed by atoms with E-state index in [1.807, 2.05) is 18.7 Å². The Hall–Kier alpha value is -1.09. The smallest absolute Gasteiger partial charge is 0.243 e. The molecule has 0 bridgehead atoms. The van der Waals surface area contributed by atoms with E-state index in [-0.39, 0.29) is 18.7 Å². The van der Waals surface area contributed by atoms with E-state index in [1.165, 1.54) is 0 Å². The molecule has 0 aliphatic carbocycles. The summed E-state index contributed by atoms with van der Waals surface area (Å²) in [6, 6.07) is 1.95.